The Hall–Kier alpha value is -4.71. The fraction of sp³-hybridized carbons (Fsp3) is 0. The predicted octanol–water partition coefficient (Wildman–Crippen LogP) is 2.59. The van der Waals surface area contributed by atoms with Gasteiger partial charge in [0.05, 0.1) is 16.8 Å². The SMILES string of the molecule is O=C(NNC(=O)c1nn(-c2ccccc2)cc1O)c1cccc(S(=O)(=O)Nc2ccc(F)cc2)c1. The van der Waals surface area contributed by atoms with Crippen LogP contribution in [0.4, 0.5) is 10.1 Å². The Kier molecular flexibility index (Phi) is 6.46. The summed E-state index contributed by atoms with van der Waals surface area (Å²) in [5.41, 5.74) is 4.65. The van der Waals surface area contributed by atoms with Crippen LogP contribution in [0.25, 0.3) is 5.69 Å². The molecule has 0 aliphatic carbocycles. The summed E-state index contributed by atoms with van der Waals surface area (Å²) < 4.78 is 41.9. The molecule has 35 heavy (non-hydrogen) atoms. The van der Waals surface area contributed by atoms with E-state index in [1.54, 1.807) is 30.3 Å². The molecule has 0 radical (unpaired) electrons. The van der Waals surface area contributed by atoms with E-state index in [0.717, 1.165) is 18.2 Å². The van der Waals surface area contributed by atoms with Crippen LogP contribution in [0, 0.1) is 5.82 Å². The largest absolute Gasteiger partial charge is 0.504 e. The minimum atomic E-state index is -4.07. The maximum Gasteiger partial charge on any atom is 0.294 e. The van der Waals surface area contributed by atoms with E-state index in [0.29, 0.717) is 5.69 Å². The van der Waals surface area contributed by atoms with E-state index in [4.69, 9.17) is 0 Å². The fourth-order valence-electron chi connectivity index (χ4n) is 3.02. The molecule has 0 saturated carbocycles. The van der Waals surface area contributed by atoms with Gasteiger partial charge in [-0.15, -0.1) is 0 Å². The van der Waals surface area contributed by atoms with Crippen LogP contribution in [0.2, 0.25) is 0 Å². The number of rotatable bonds is 6. The average Bonchev–Trinajstić information content (AvgIpc) is 3.26. The summed E-state index contributed by atoms with van der Waals surface area (Å²) in [6, 6.07) is 18.6. The first-order valence-electron chi connectivity index (χ1n) is 10.1. The maximum absolute atomic E-state index is 13.1. The van der Waals surface area contributed by atoms with Crippen molar-refractivity contribution >= 4 is 27.5 Å². The first-order valence-corrected chi connectivity index (χ1v) is 11.5. The summed E-state index contributed by atoms with van der Waals surface area (Å²) in [6.07, 6.45) is 1.24. The number of anilines is 1. The zero-order valence-electron chi connectivity index (χ0n) is 17.8. The number of nitrogens with one attached hydrogen (secondary N) is 3. The molecule has 3 aromatic carbocycles. The molecule has 0 bridgehead atoms. The molecule has 0 aliphatic heterocycles. The molecule has 0 aliphatic rings. The predicted molar refractivity (Wildman–Crippen MR) is 124 cm³/mol. The molecule has 1 aromatic heterocycles. The Labute approximate surface area is 199 Å². The molecule has 0 spiro atoms. The maximum atomic E-state index is 13.1. The smallest absolute Gasteiger partial charge is 0.294 e. The molecule has 0 fully saturated rings. The zero-order valence-corrected chi connectivity index (χ0v) is 18.7. The van der Waals surface area contributed by atoms with Gasteiger partial charge in [-0.2, -0.15) is 5.10 Å². The highest BCUT2D eigenvalue weighted by atomic mass is 32.2. The minimum Gasteiger partial charge on any atom is -0.504 e. The number of sulfonamides is 1. The summed E-state index contributed by atoms with van der Waals surface area (Å²) in [7, 11) is -4.07. The lowest BCUT2D eigenvalue weighted by atomic mass is 10.2. The number of nitrogens with zero attached hydrogens (tertiary/aromatic N) is 2. The van der Waals surface area contributed by atoms with Crippen molar-refractivity contribution in [3.8, 4) is 11.4 Å². The van der Waals surface area contributed by atoms with Crippen molar-refractivity contribution in [2.45, 2.75) is 4.90 Å². The van der Waals surface area contributed by atoms with Crippen LogP contribution in [0.3, 0.4) is 0 Å². The van der Waals surface area contributed by atoms with Crippen LogP contribution in [0.15, 0.2) is 90.0 Å². The number of carbonyl (C=O) groups excluding carboxylic acids is 2. The Balaban J connectivity index is 1.43. The van der Waals surface area contributed by atoms with Crippen molar-refractivity contribution in [1.82, 2.24) is 20.6 Å². The number of benzene rings is 3. The molecule has 1 heterocycles. The highest BCUT2D eigenvalue weighted by molar-refractivity contribution is 7.92. The quantitative estimate of drug-likeness (QED) is 0.303. The van der Waals surface area contributed by atoms with Crippen molar-refractivity contribution in [2.75, 3.05) is 4.72 Å². The Morgan fingerprint density at radius 2 is 1.57 bits per heavy atom. The molecule has 4 N–H and O–H groups in total. The van der Waals surface area contributed by atoms with E-state index in [9.17, 15) is 27.5 Å². The Bertz CT molecular complexity index is 1490. The van der Waals surface area contributed by atoms with Crippen molar-refractivity contribution < 1.29 is 27.5 Å². The summed E-state index contributed by atoms with van der Waals surface area (Å²) in [6.45, 7) is 0. The van der Waals surface area contributed by atoms with Gasteiger partial charge >= 0.3 is 0 Å². The summed E-state index contributed by atoms with van der Waals surface area (Å²) in [5, 5.41) is 14.1. The van der Waals surface area contributed by atoms with Gasteiger partial charge < -0.3 is 5.11 Å². The highest BCUT2D eigenvalue weighted by Gasteiger charge is 2.20. The van der Waals surface area contributed by atoms with E-state index in [1.807, 2.05) is 0 Å². The van der Waals surface area contributed by atoms with E-state index >= 15 is 0 Å². The summed E-state index contributed by atoms with van der Waals surface area (Å²) >= 11 is 0. The van der Waals surface area contributed by atoms with Crippen molar-refractivity contribution in [1.29, 1.82) is 0 Å². The Morgan fingerprint density at radius 1 is 0.886 bits per heavy atom. The monoisotopic (exact) mass is 495 g/mol. The molecular formula is C23H18FN5O5S. The van der Waals surface area contributed by atoms with E-state index in [1.165, 1.54) is 41.2 Å². The molecule has 4 aromatic rings. The van der Waals surface area contributed by atoms with Gasteiger partial charge in [-0.3, -0.25) is 25.2 Å². The summed E-state index contributed by atoms with van der Waals surface area (Å²) in [5.74, 6) is -2.61. The second kappa shape index (κ2) is 9.65. The number of carbonyl (C=O) groups is 2. The molecule has 10 nitrogen and oxygen atoms in total. The Morgan fingerprint density at radius 3 is 2.29 bits per heavy atom. The number of amides is 2. The van der Waals surface area contributed by atoms with Crippen LogP contribution in [0.5, 0.6) is 5.75 Å². The molecular weight excluding hydrogens is 477 g/mol. The molecule has 4 rings (SSSR count). The lowest BCUT2D eigenvalue weighted by Gasteiger charge is -2.10. The molecule has 0 unspecified atom stereocenters. The third kappa shape index (κ3) is 5.45. The van der Waals surface area contributed by atoms with Crippen molar-refractivity contribution in [3.05, 3.63) is 102 Å². The van der Waals surface area contributed by atoms with E-state index < -0.39 is 33.4 Å². The van der Waals surface area contributed by atoms with Gasteiger partial charge in [0.2, 0.25) is 0 Å². The summed E-state index contributed by atoms with van der Waals surface area (Å²) in [4.78, 5) is 24.7. The topological polar surface area (TPSA) is 142 Å². The number of hydrogen-bond acceptors (Lipinski definition) is 6. The van der Waals surface area contributed by atoms with Gasteiger partial charge in [0.15, 0.2) is 11.4 Å². The van der Waals surface area contributed by atoms with E-state index in [-0.39, 0.29) is 21.8 Å². The van der Waals surface area contributed by atoms with Crippen LogP contribution in [-0.2, 0) is 10.0 Å². The zero-order chi connectivity index (χ0) is 25.0. The number of aromatic nitrogens is 2. The lowest BCUT2D eigenvalue weighted by Crippen LogP contribution is -2.41. The first-order chi connectivity index (χ1) is 16.7. The first kappa shape index (κ1) is 23.4. The number of aromatic hydroxyl groups is 1. The van der Waals surface area contributed by atoms with Gasteiger partial charge in [-0.05, 0) is 54.6 Å². The van der Waals surface area contributed by atoms with Crippen LogP contribution >= 0.6 is 0 Å². The second-order valence-electron chi connectivity index (χ2n) is 7.19. The third-order valence-corrected chi connectivity index (χ3v) is 6.10. The number of halogens is 1. The fourth-order valence-corrected chi connectivity index (χ4v) is 4.13. The van der Waals surface area contributed by atoms with Gasteiger partial charge in [0.1, 0.15) is 5.82 Å². The minimum absolute atomic E-state index is 0.0636. The van der Waals surface area contributed by atoms with Gasteiger partial charge in [0, 0.05) is 11.3 Å². The molecule has 2 amide bonds. The average molecular weight is 495 g/mol. The molecule has 0 atom stereocenters. The molecule has 12 heteroatoms. The van der Waals surface area contributed by atoms with Crippen LogP contribution in [-0.4, -0.2) is 35.1 Å². The van der Waals surface area contributed by atoms with Crippen molar-refractivity contribution in [2.24, 2.45) is 0 Å². The van der Waals surface area contributed by atoms with Gasteiger partial charge in [-0.1, -0.05) is 24.3 Å². The lowest BCUT2D eigenvalue weighted by molar-refractivity contribution is 0.0842. The second-order valence-corrected chi connectivity index (χ2v) is 8.87. The van der Waals surface area contributed by atoms with Crippen LogP contribution in [0.1, 0.15) is 20.8 Å². The number of hydrogen-bond donors (Lipinski definition) is 4. The van der Waals surface area contributed by atoms with Crippen LogP contribution < -0.4 is 15.6 Å². The third-order valence-electron chi connectivity index (χ3n) is 4.72. The molecule has 178 valence electrons. The standard InChI is InChI=1S/C23H18FN5O5S/c24-16-9-11-17(12-10-16)28-35(33,34)19-8-4-5-15(13-19)22(31)25-26-23(32)21-20(30)14-29(27-21)18-6-2-1-3-7-18/h1-14,28,30H,(H,25,31)(H,26,32). The highest BCUT2D eigenvalue weighted by Crippen LogP contribution is 2.19. The molecule has 0 saturated heterocycles. The number of hydrazine groups is 1. The van der Waals surface area contributed by atoms with Gasteiger partial charge in [-0.25, -0.2) is 17.5 Å². The van der Waals surface area contributed by atoms with Gasteiger partial charge in [0.25, 0.3) is 21.8 Å². The van der Waals surface area contributed by atoms with E-state index in [2.05, 4.69) is 20.7 Å². The van der Waals surface area contributed by atoms with Crippen molar-refractivity contribution in [3.63, 3.8) is 0 Å². The number of para-hydroxylation sites is 1. The normalized spacial score (nSPS) is 11.0.